The van der Waals surface area contributed by atoms with Crippen LogP contribution >= 0.6 is 0 Å². The predicted octanol–water partition coefficient (Wildman–Crippen LogP) is 13.8. The van der Waals surface area contributed by atoms with Crippen molar-refractivity contribution in [1.82, 2.24) is 19.5 Å². The summed E-state index contributed by atoms with van der Waals surface area (Å²) in [6.45, 7) is 4.60. The summed E-state index contributed by atoms with van der Waals surface area (Å²) in [6, 6.07) is 64.1. The van der Waals surface area contributed by atoms with Gasteiger partial charge in [0.05, 0.1) is 16.7 Å². The molecule has 5 nitrogen and oxygen atoms in total. The quantitative estimate of drug-likeness (QED) is 0.175. The van der Waals surface area contributed by atoms with Gasteiger partial charge in [-0.2, -0.15) is 0 Å². The van der Waals surface area contributed by atoms with Crippen molar-refractivity contribution in [2.75, 3.05) is 0 Å². The summed E-state index contributed by atoms with van der Waals surface area (Å²) in [7, 11) is 0. The SMILES string of the molecule is CC1(C)c2ccccc2-c2ccc(-c3nc(-c4ccccc4)nc(-c4cccc5oc6c(-n7c8ccccc8c8c(-c9ccccc9)cccc87)cccc6c45)n3)cc21. The van der Waals surface area contributed by atoms with Gasteiger partial charge in [0.2, 0.25) is 0 Å². The molecule has 1 aliphatic rings. The van der Waals surface area contributed by atoms with Crippen LogP contribution in [0.25, 0.3) is 106 Å². The number of para-hydroxylation sites is 2. The van der Waals surface area contributed by atoms with Crippen molar-refractivity contribution in [2.24, 2.45) is 0 Å². The number of hydrogen-bond acceptors (Lipinski definition) is 4. The fourth-order valence-electron chi connectivity index (χ4n) is 9.52. The van der Waals surface area contributed by atoms with Crippen LogP contribution in [0.4, 0.5) is 0 Å². The van der Waals surface area contributed by atoms with Crippen LogP contribution in [-0.4, -0.2) is 19.5 Å². The van der Waals surface area contributed by atoms with Gasteiger partial charge in [-0.15, -0.1) is 0 Å². The van der Waals surface area contributed by atoms with Crippen molar-refractivity contribution in [3.8, 4) is 62.1 Å². The van der Waals surface area contributed by atoms with Crippen molar-refractivity contribution < 1.29 is 4.42 Å². The van der Waals surface area contributed by atoms with Crippen LogP contribution in [-0.2, 0) is 5.41 Å². The third-order valence-electron chi connectivity index (χ3n) is 12.3. The van der Waals surface area contributed by atoms with Crippen molar-refractivity contribution in [3.05, 3.63) is 193 Å². The summed E-state index contributed by atoms with van der Waals surface area (Å²) in [5.74, 6) is 1.85. The Morgan fingerprint density at radius 3 is 1.88 bits per heavy atom. The second-order valence-corrected chi connectivity index (χ2v) is 16.0. The molecular formula is C54H36N4O. The minimum Gasteiger partial charge on any atom is -0.454 e. The van der Waals surface area contributed by atoms with E-state index in [0.29, 0.717) is 17.5 Å². The van der Waals surface area contributed by atoms with E-state index in [0.717, 1.165) is 55.3 Å². The van der Waals surface area contributed by atoms with E-state index < -0.39 is 0 Å². The Balaban J connectivity index is 1.07. The van der Waals surface area contributed by atoms with Crippen LogP contribution in [0.3, 0.4) is 0 Å². The first-order chi connectivity index (χ1) is 29.0. The number of aromatic nitrogens is 4. The number of furan rings is 1. The number of nitrogens with zero attached hydrogens (tertiary/aromatic N) is 4. The fraction of sp³-hybridized carbons (Fsp3) is 0.0556. The van der Waals surface area contributed by atoms with Gasteiger partial charge in [-0.25, -0.2) is 15.0 Å². The molecule has 0 unspecified atom stereocenters. The third-order valence-corrected chi connectivity index (χ3v) is 12.3. The second-order valence-electron chi connectivity index (χ2n) is 16.0. The zero-order chi connectivity index (χ0) is 39.2. The molecule has 0 N–H and O–H groups in total. The first-order valence-electron chi connectivity index (χ1n) is 20.1. The monoisotopic (exact) mass is 756 g/mol. The smallest absolute Gasteiger partial charge is 0.164 e. The van der Waals surface area contributed by atoms with E-state index in [1.54, 1.807) is 0 Å². The average Bonchev–Trinajstić information content (AvgIpc) is 3.92. The molecule has 0 amide bonds. The second kappa shape index (κ2) is 12.7. The van der Waals surface area contributed by atoms with Crippen LogP contribution < -0.4 is 0 Å². The number of hydrogen-bond donors (Lipinski definition) is 0. The minimum absolute atomic E-state index is 0.154. The molecule has 59 heavy (non-hydrogen) atoms. The standard InChI is InChI=1S/C54H36N4O/c1-54(2)42-25-11-9-20-37(42)38-31-30-35(32-43(38)54)52-55-51(34-18-7-4-8-19-34)56-53(57-52)41-24-15-29-47-49(41)40-23-14-28-46(50(40)59-47)58-44-26-12-10-21-39(44)48-36(22-13-27-45(48)58)33-16-5-3-6-17-33/h3-32H,1-2H3. The van der Waals surface area contributed by atoms with Crippen molar-refractivity contribution in [1.29, 1.82) is 0 Å². The molecule has 0 atom stereocenters. The lowest BCUT2D eigenvalue weighted by Crippen LogP contribution is -2.15. The Bertz CT molecular complexity index is 3470. The lowest BCUT2D eigenvalue weighted by atomic mass is 9.82. The average molecular weight is 757 g/mol. The fourth-order valence-corrected chi connectivity index (χ4v) is 9.52. The van der Waals surface area contributed by atoms with Gasteiger partial charge >= 0.3 is 0 Å². The van der Waals surface area contributed by atoms with Gasteiger partial charge in [0.15, 0.2) is 23.1 Å². The molecule has 11 aromatic rings. The van der Waals surface area contributed by atoms with E-state index in [-0.39, 0.29) is 5.41 Å². The number of benzene rings is 8. The topological polar surface area (TPSA) is 56.7 Å². The predicted molar refractivity (Wildman–Crippen MR) is 241 cm³/mol. The van der Waals surface area contributed by atoms with E-state index in [1.807, 2.05) is 30.3 Å². The molecule has 0 radical (unpaired) electrons. The molecule has 5 heteroatoms. The maximum absolute atomic E-state index is 6.92. The molecule has 3 aromatic heterocycles. The highest BCUT2D eigenvalue weighted by Crippen LogP contribution is 2.50. The Morgan fingerprint density at radius 1 is 0.424 bits per heavy atom. The molecule has 0 aliphatic heterocycles. The molecular weight excluding hydrogens is 721 g/mol. The maximum Gasteiger partial charge on any atom is 0.164 e. The van der Waals surface area contributed by atoms with Crippen LogP contribution in [0.1, 0.15) is 25.0 Å². The van der Waals surface area contributed by atoms with Crippen molar-refractivity contribution in [2.45, 2.75) is 19.3 Å². The summed E-state index contributed by atoms with van der Waals surface area (Å²) < 4.78 is 9.27. The van der Waals surface area contributed by atoms with Gasteiger partial charge in [0.25, 0.3) is 0 Å². The Morgan fingerprint density at radius 2 is 1.03 bits per heavy atom. The molecule has 278 valence electrons. The molecule has 0 spiro atoms. The van der Waals surface area contributed by atoms with Crippen LogP contribution in [0.15, 0.2) is 186 Å². The lowest BCUT2D eigenvalue weighted by Gasteiger charge is -2.21. The third kappa shape index (κ3) is 5.01. The molecule has 0 fully saturated rings. The first kappa shape index (κ1) is 33.5. The summed E-state index contributed by atoms with van der Waals surface area (Å²) in [6.07, 6.45) is 0. The highest BCUT2D eigenvalue weighted by Gasteiger charge is 2.35. The summed E-state index contributed by atoms with van der Waals surface area (Å²) in [5, 5.41) is 4.38. The normalized spacial score (nSPS) is 13.1. The summed E-state index contributed by atoms with van der Waals surface area (Å²) in [4.78, 5) is 15.6. The van der Waals surface area contributed by atoms with Gasteiger partial charge in [-0.05, 0) is 63.7 Å². The first-order valence-corrected chi connectivity index (χ1v) is 20.1. The van der Waals surface area contributed by atoms with Crippen LogP contribution in [0.2, 0.25) is 0 Å². The highest BCUT2D eigenvalue weighted by molar-refractivity contribution is 6.18. The maximum atomic E-state index is 6.92. The van der Waals surface area contributed by atoms with Crippen LogP contribution in [0.5, 0.6) is 0 Å². The van der Waals surface area contributed by atoms with Crippen molar-refractivity contribution >= 4 is 43.7 Å². The summed E-state index contributed by atoms with van der Waals surface area (Å²) in [5.41, 5.74) is 15.0. The van der Waals surface area contributed by atoms with Gasteiger partial charge in [0, 0.05) is 43.7 Å². The van der Waals surface area contributed by atoms with Crippen LogP contribution in [0, 0.1) is 0 Å². The molecule has 12 rings (SSSR count). The highest BCUT2D eigenvalue weighted by atomic mass is 16.3. The Kier molecular flexibility index (Phi) is 7.20. The molecule has 1 aliphatic carbocycles. The zero-order valence-electron chi connectivity index (χ0n) is 32.5. The van der Waals surface area contributed by atoms with E-state index in [4.69, 9.17) is 19.4 Å². The van der Waals surface area contributed by atoms with E-state index in [2.05, 4.69) is 170 Å². The minimum atomic E-state index is -0.154. The number of fused-ring (bicyclic) bond motifs is 9. The molecule has 8 aromatic carbocycles. The number of rotatable bonds is 5. The van der Waals surface area contributed by atoms with Gasteiger partial charge in [0.1, 0.15) is 5.58 Å². The van der Waals surface area contributed by atoms with E-state index >= 15 is 0 Å². The molecule has 0 saturated heterocycles. The largest absolute Gasteiger partial charge is 0.454 e. The van der Waals surface area contributed by atoms with Crippen molar-refractivity contribution in [3.63, 3.8) is 0 Å². The molecule has 3 heterocycles. The summed E-state index contributed by atoms with van der Waals surface area (Å²) >= 11 is 0. The molecule has 0 bridgehead atoms. The van der Waals surface area contributed by atoms with Gasteiger partial charge < -0.3 is 8.98 Å². The zero-order valence-corrected chi connectivity index (χ0v) is 32.5. The Hall–Kier alpha value is -7.63. The van der Waals surface area contributed by atoms with E-state index in [9.17, 15) is 0 Å². The van der Waals surface area contributed by atoms with Gasteiger partial charge in [-0.1, -0.05) is 166 Å². The van der Waals surface area contributed by atoms with Gasteiger partial charge in [-0.3, -0.25) is 0 Å². The molecule has 0 saturated carbocycles. The Labute approximate surface area is 340 Å². The van der Waals surface area contributed by atoms with E-state index in [1.165, 1.54) is 44.2 Å². The lowest BCUT2D eigenvalue weighted by molar-refractivity contribution is 0.660.